The smallest absolute Gasteiger partial charge is 0.319 e. The average Bonchev–Trinajstić information content (AvgIpc) is 2.86. The monoisotopic (exact) mass is 153 g/mol. The molecule has 2 heterocycles. The molecular formula is C6H7N3O2. The van der Waals surface area contributed by atoms with Crippen LogP contribution >= 0.6 is 0 Å². The normalized spacial score (nSPS) is 21.3. The van der Waals surface area contributed by atoms with E-state index < -0.39 is 0 Å². The van der Waals surface area contributed by atoms with E-state index in [4.69, 9.17) is 9.47 Å². The van der Waals surface area contributed by atoms with Crippen LogP contribution in [0.25, 0.3) is 0 Å². The molecule has 1 atom stereocenters. The van der Waals surface area contributed by atoms with Crippen LogP contribution < -0.4 is 4.74 Å². The maximum atomic E-state index is 5.14. The standard InChI is InChI=1S/C6H7N3O2/c1-5(10-1)2-11-6-8-3-7-4-9-6/h3-5H,1-2H2. The van der Waals surface area contributed by atoms with Gasteiger partial charge in [-0.2, -0.15) is 9.97 Å². The number of ether oxygens (including phenoxy) is 2. The number of hydrogen-bond donors (Lipinski definition) is 0. The van der Waals surface area contributed by atoms with Crippen molar-refractivity contribution in [2.24, 2.45) is 0 Å². The first kappa shape index (κ1) is 6.48. The number of epoxide rings is 1. The van der Waals surface area contributed by atoms with E-state index in [9.17, 15) is 0 Å². The molecule has 1 saturated heterocycles. The van der Waals surface area contributed by atoms with Crippen LogP contribution in [0.15, 0.2) is 12.7 Å². The van der Waals surface area contributed by atoms with E-state index in [-0.39, 0.29) is 6.10 Å². The SMILES string of the molecule is c1ncnc(OCC2CO2)n1. The van der Waals surface area contributed by atoms with Crippen molar-refractivity contribution in [2.45, 2.75) is 6.10 Å². The van der Waals surface area contributed by atoms with Gasteiger partial charge in [0.1, 0.15) is 25.4 Å². The summed E-state index contributed by atoms with van der Waals surface area (Å²) >= 11 is 0. The van der Waals surface area contributed by atoms with Gasteiger partial charge in [0, 0.05) is 0 Å². The van der Waals surface area contributed by atoms with Crippen LogP contribution in [0, 0.1) is 0 Å². The fourth-order valence-corrected chi connectivity index (χ4v) is 0.635. The lowest BCUT2D eigenvalue weighted by atomic mass is 10.5. The molecule has 5 heteroatoms. The minimum absolute atomic E-state index is 0.242. The van der Waals surface area contributed by atoms with Gasteiger partial charge in [-0.25, -0.2) is 4.98 Å². The highest BCUT2D eigenvalue weighted by Crippen LogP contribution is 2.09. The molecule has 0 amide bonds. The largest absolute Gasteiger partial charge is 0.461 e. The summed E-state index contributed by atoms with van der Waals surface area (Å²) in [6.45, 7) is 1.31. The Labute approximate surface area is 63.4 Å². The van der Waals surface area contributed by atoms with Crippen LogP contribution in [0.4, 0.5) is 0 Å². The van der Waals surface area contributed by atoms with Crippen LogP contribution in [-0.2, 0) is 4.74 Å². The van der Waals surface area contributed by atoms with Crippen molar-refractivity contribution in [3.8, 4) is 6.01 Å². The van der Waals surface area contributed by atoms with Crippen LogP contribution in [0.3, 0.4) is 0 Å². The maximum Gasteiger partial charge on any atom is 0.319 e. The third kappa shape index (κ3) is 1.84. The Morgan fingerprint density at radius 2 is 2.27 bits per heavy atom. The molecule has 11 heavy (non-hydrogen) atoms. The van der Waals surface area contributed by atoms with Crippen LogP contribution in [0.1, 0.15) is 0 Å². The fourth-order valence-electron chi connectivity index (χ4n) is 0.635. The summed E-state index contributed by atoms with van der Waals surface area (Å²) in [5.74, 6) is 0. The molecule has 1 fully saturated rings. The molecule has 0 N–H and O–H groups in total. The molecule has 0 radical (unpaired) electrons. The molecule has 0 spiro atoms. The van der Waals surface area contributed by atoms with Gasteiger partial charge in [0.15, 0.2) is 0 Å². The Hall–Kier alpha value is -1.23. The summed E-state index contributed by atoms with van der Waals surface area (Å²) in [5, 5.41) is 0. The van der Waals surface area contributed by atoms with Gasteiger partial charge < -0.3 is 9.47 Å². The van der Waals surface area contributed by atoms with E-state index in [0.717, 1.165) is 6.61 Å². The zero-order chi connectivity index (χ0) is 7.52. The lowest BCUT2D eigenvalue weighted by Gasteiger charge is -1.98. The van der Waals surface area contributed by atoms with Crippen molar-refractivity contribution in [3.05, 3.63) is 12.7 Å². The third-order valence-corrected chi connectivity index (χ3v) is 1.27. The van der Waals surface area contributed by atoms with Gasteiger partial charge in [0.25, 0.3) is 0 Å². The van der Waals surface area contributed by atoms with Crippen molar-refractivity contribution in [2.75, 3.05) is 13.2 Å². The molecule has 58 valence electrons. The second-order valence-corrected chi connectivity index (χ2v) is 2.19. The first-order valence-corrected chi connectivity index (χ1v) is 3.31. The quantitative estimate of drug-likeness (QED) is 0.555. The van der Waals surface area contributed by atoms with Crippen molar-refractivity contribution >= 4 is 0 Å². The molecule has 0 saturated carbocycles. The van der Waals surface area contributed by atoms with E-state index in [0.29, 0.717) is 12.6 Å². The molecule has 0 aliphatic carbocycles. The van der Waals surface area contributed by atoms with Crippen LogP contribution in [0.2, 0.25) is 0 Å². The summed E-state index contributed by atoms with van der Waals surface area (Å²) in [4.78, 5) is 11.2. The van der Waals surface area contributed by atoms with E-state index >= 15 is 0 Å². The fraction of sp³-hybridized carbons (Fsp3) is 0.500. The minimum Gasteiger partial charge on any atom is -0.461 e. The van der Waals surface area contributed by atoms with E-state index in [1.165, 1.54) is 12.7 Å². The van der Waals surface area contributed by atoms with Crippen LogP contribution in [-0.4, -0.2) is 34.3 Å². The predicted octanol–water partition coefficient (Wildman–Crippen LogP) is -0.351. The van der Waals surface area contributed by atoms with Crippen molar-refractivity contribution in [3.63, 3.8) is 0 Å². The van der Waals surface area contributed by atoms with Gasteiger partial charge in [0.05, 0.1) is 6.61 Å². The zero-order valence-electron chi connectivity index (χ0n) is 5.80. The lowest BCUT2D eigenvalue weighted by molar-refractivity contribution is 0.246. The molecule has 0 aromatic carbocycles. The number of nitrogens with zero attached hydrogens (tertiary/aromatic N) is 3. The van der Waals surface area contributed by atoms with Crippen molar-refractivity contribution in [1.29, 1.82) is 0 Å². The highest BCUT2D eigenvalue weighted by atomic mass is 16.6. The van der Waals surface area contributed by atoms with Crippen molar-refractivity contribution in [1.82, 2.24) is 15.0 Å². The molecule has 1 aliphatic heterocycles. The highest BCUT2D eigenvalue weighted by Gasteiger charge is 2.23. The van der Waals surface area contributed by atoms with Gasteiger partial charge in [-0.3, -0.25) is 0 Å². The van der Waals surface area contributed by atoms with Gasteiger partial charge in [-0.15, -0.1) is 0 Å². The number of aromatic nitrogens is 3. The minimum atomic E-state index is 0.242. The first-order chi connectivity index (χ1) is 5.45. The first-order valence-electron chi connectivity index (χ1n) is 3.31. The van der Waals surface area contributed by atoms with E-state index in [1.54, 1.807) is 0 Å². The summed E-state index contributed by atoms with van der Waals surface area (Å²) in [5.41, 5.74) is 0. The van der Waals surface area contributed by atoms with Crippen LogP contribution in [0.5, 0.6) is 6.01 Å². The van der Waals surface area contributed by atoms with Gasteiger partial charge in [-0.05, 0) is 0 Å². The Bertz CT molecular complexity index is 225. The highest BCUT2D eigenvalue weighted by molar-refractivity contribution is 4.88. The molecule has 2 rings (SSSR count). The number of hydrogen-bond acceptors (Lipinski definition) is 5. The summed E-state index contributed by atoms with van der Waals surface area (Å²) < 4.78 is 10.1. The Balaban J connectivity index is 1.85. The average molecular weight is 153 g/mol. The summed E-state index contributed by atoms with van der Waals surface area (Å²) in [6, 6.07) is 0.357. The molecule has 1 aliphatic rings. The maximum absolute atomic E-state index is 5.14. The van der Waals surface area contributed by atoms with Gasteiger partial charge >= 0.3 is 6.01 Å². The third-order valence-electron chi connectivity index (χ3n) is 1.27. The van der Waals surface area contributed by atoms with E-state index in [1.807, 2.05) is 0 Å². The van der Waals surface area contributed by atoms with Gasteiger partial charge in [0.2, 0.25) is 0 Å². The summed E-state index contributed by atoms with van der Waals surface area (Å²) in [7, 11) is 0. The second-order valence-electron chi connectivity index (χ2n) is 2.19. The molecule has 1 unspecified atom stereocenters. The van der Waals surface area contributed by atoms with Gasteiger partial charge in [-0.1, -0.05) is 0 Å². The zero-order valence-corrected chi connectivity index (χ0v) is 5.80. The van der Waals surface area contributed by atoms with E-state index in [2.05, 4.69) is 15.0 Å². The predicted molar refractivity (Wildman–Crippen MR) is 35.1 cm³/mol. The Kier molecular flexibility index (Phi) is 1.64. The Morgan fingerprint density at radius 3 is 2.91 bits per heavy atom. The molecular weight excluding hydrogens is 146 g/mol. The molecule has 1 aromatic rings. The number of rotatable bonds is 3. The summed E-state index contributed by atoms with van der Waals surface area (Å²) in [6.07, 6.45) is 3.04. The second kappa shape index (κ2) is 2.79. The molecule has 0 bridgehead atoms. The Morgan fingerprint density at radius 1 is 1.55 bits per heavy atom. The molecule has 5 nitrogen and oxygen atoms in total. The van der Waals surface area contributed by atoms with Crippen molar-refractivity contribution < 1.29 is 9.47 Å². The molecule has 1 aromatic heterocycles. The lowest BCUT2D eigenvalue weighted by Crippen LogP contribution is -2.06. The topological polar surface area (TPSA) is 60.4 Å².